The van der Waals surface area contributed by atoms with Crippen LogP contribution in [0.25, 0.3) is 0 Å². The molecule has 0 atom stereocenters. The maximum absolute atomic E-state index is 11.9. The second-order valence-corrected chi connectivity index (χ2v) is 5.88. The highest BCUT2D eigenvalue weighted by Gasteiger charge is 2.08. The second kappa shape index (κ2) is 7.14. The van der Waals surface area contributed by atoms with Gasteiger partial charge in [-0.05, 0) is 18.9 Å². The van der Waals surface area contributed by atoms with Crippen molar-refractivity contribution in [3.8, 4) is 0 Å². The lowest BCUT2D eigenvalue weighted by Gasteiger charge is -2.02. The van der Waals surface area contributed by atoms with Crippen molar-refractivity contribution in [1.29, 1.82) is 0 Å². The topological polar surface area (TPSA) is 54.9 Å². The molecule has 0 radical (unpaired) electrons. The predicted molar refractivity (Wildman–Crippen MR) is 82.0 cm³/mol. The predicted octanol–water partition coefficient (Wildman–Crippen LogP) is 3.37. The van der Waals surface area contributed by atoms with Crippen molar-refractivity contribution < 1.29 is 4.79 Å². The Kier molecular flexibility index (Phi) is 5.24. The summed E-state index contributed by atoms with van der Waals surface area (Å²) < 4.78 is 0. The molecule has 0 unspecified atom stereocenters. The van der Waals surface area contributed by atoms with E-state index in [9.17, 15) is 4.79 Å². The zero-order valence-corrected chi connectivity index (χ0v) is 12.7. The Balaban J connectivity index is 1.87. The molecule has 2 aromatic rings. The summed E-state index contributed by atoms with van der Waals surface area (Å²) >= 11 is 1.46. The lowest BCUT2D eigenvalue weighted by molar-refractivity contribution is -0.115. The van der Waals surface area contributed by atoms with Gasteiger partial charge in [0.15, 0.2) is 0 Å². The molecular weight excluding hydrogens is 270 g/mol. The van der Waals surface area contributed by atoms with Crippen LogP contribution in [0.3, 0.4) is 0 Å². The van der Waals surface area contributed by atoms with Crippen molar-refractivity contribution >= 4 is 22.4 Å². The summed E-state index contributed by atoms with van der Waals surface area (Å²) in [4.78, 5) is 11.9. The maximum Gasteiger partial charge on any atom is 0.230 e. The lowest BCUT2D eigenvalue weighted by atomic mass is 10.1. The van der Waals surface area contributed by atoms with Gasteiger partial charge in [0, 0.05) is 6.42 Å². The van der Waals surface area contributed by atoms with E-state index in [-0.39, 0.29) is 5.91 Å². The molecule has 0 aliphatic heterocycles. The number of hydrogen-bond acceptors (Lipinski definition) is 4. The number of rotatable bonds is 6. The minimum atomic E-state index is -0.0490. The third kappa shape index (κ3) is 4.42. The highest BCUT2D eigenvalue weighted by molar-refractivity contribution is 7.15. The van der Waals surface area contributed by atoms with Gasteiger partial charge < -0.3 is 5.32 Å². The first-order chi connectivity index (χ1) is 9.67. The zero-order valence-electron chi connectivity index (χ0n) is 11.8. The molecule has 4 nitrogen and oxygen atoms in total. The number of aromatic nitrogens is 2. The molecule has 0 bridgehead atoms. The summed E-state index contributed by atoms with van der Waals surface area (Å²) in [5.74, 6) is -0.0490. The number of hydrogen-bond donors (Lipinski definition) is 1. The molecule has 0 aliphatic rings. The number of amides is 1. The molecule has 2 rings (SSSR count). The standard InChI is InChI=1S/C15H19N3OS/c1-3-4-5-14-17-18-15(20-14)16-13(19)10-12-8-6-11(2)7-9-12/h6-9H,3-5,10H2,1-2H3,(H,16,18,19). The van der Waals surface area contributed by atoms with Crippen LogP contribution in [0.5, 0.6) is 0 Å². The van der Waals surface area contributed by atoms with Crippen LogP contribution in [-0.4, -0.2) is 16.1 Å². The largest absolute Gasteiger partial charge is 0.300 e. The number of nitrogens with zero attached hydrogens (tertiary/aromatic N) is 2. The van der Waals surface area contributed by atoms with E-state index in [1.165, 1.54) is 16.9 Å². The summed E-state index contributed by atoms with van der Waals surface area (Å²) in [5, 5.41) is 12.5. The molecule has 5 heteroatoms. The Bertz CT molecular complexity index is 563. The highest BCUT2D eigenvalue weighted by atomic mass is 32.1. The number of carbonyl (C=O) groups excluding carboxylic acids is 1. The monoisotopic (exact) mass is 289 g/mol. The van der Waals surface area contributed by atoms with Gasteiger partial charge in [-0.2, -0.15) is 0 Å². The molecular formula is C15H19N3OS. The van der Waals surface area contributed by atoms with Crippen LogP contribution in [0.2, 0.25) is 0 Å². The first-order valence-electron chi connectivity index (χ1n) is 6.85. The Hall–Kier alpha value is -1.75. The average molecular weight is 289 g/mol. The van der Waals surface area contributed by atoms with Crippen molar-refractivity contribution in [3.63, 3.8) is 0 Å². The molecule has 0 fully saturated rings. The average Bonchev–Trinajstić information content (AvgIpc) is 2.86. The third-order valence-corrected chi connectivity index (χ3v) is 3.84. The number of anilines is 1. The Morgan fingerprint density at radius 1 is 1.25 bits per heavy atom. The summed E-state index contributed by atoms with van der Waals surface area (Å²) in [7, 11) is 0. The van der Waals surface area contributed by atoms with Crippen molar-refractivity contribution in [2.24, 2.45) is 0 Å². The minimum absolute atomic E-state index is 0.0490. The second-order valence-electron chi connectivity index (χ2n) is 4.82. The van der Waals surface area contributed by atoms with E-state index in [4.69, 9.17) is 0 Å². The van der Waals surface area contributed by atoms with Gasteiger partial charge in [0.25, 0.3) is 0 Å². The third-order valence-electron chi connectivity index (χ3n) is 2.94. The molecule has 0 saturated carbocycles. The van der Waals surface area contributed by atoms with Crippen LogP contribution in [0, 0.1) is 6.92 Å². The summed E-state index contributed by atoms with van der Waals surface area (Å²) in [6, 6.07) is 7.97. The van der Waals surface area contributed by atoms with Gasteiger partial charge in [0.2, 0.25) is 11.0 Å². The summed E-state index contributed by atoms with van der Waals surface area (Å²) in [6.45, 7) is 4.17. The Labute approximate surface area is 123 Å². The quantitative estimate of drug-likeness (QED) is 0.887. The summed E-state index contributed by atoms with van der Waals surface area (Å²) in [6.07, 6.45) is 3.53. The first-order valence-corrected chi connectivity index (χ1v) is 7.67. The molecule has 1 heterocycles. The van der Waals surface area contributed by atoms with Gasteiger partial charge >= 0.3 is 0 Å². The van der Waals surface area contributed by atoms with Gasteiger partial charge in [-0.25, -0.2) is 0 Å². The fourth-order valence-corrected chi connectivity index (χ4v) is 2.59. The van der Waals surface area contributed by atoms with E-state index >= 15 is 0 Å². The maximum atomic E-state index is 11.9. The fraction of sp³-hybridized carbons (Fsp3) is 0.400. The first kappa shape index (κ1) is 14.7. The van der Waals surface area contributed by atoms with Crippen molar-refractivity contribution in [2.45, 2.75) is 39.5 Å². The molecule has 0 saturated heterocycles. The van der Waals surface area contributed by atoms with Gasteiger partial charge in [-0.15, -0.1) is 10.2 Å². The van der Waals surface area contributed by atoms with Gasteiger partial charge in [-0.3, -0.25) is 4.79 Å². The molecule has 1 aromatic carbocycles. The number of aryl methyl sites for hydroxylation is 2. The normalized spacial score (nSPS) is 10.5. The molecule has 106 valence electrons. The van der Waals surface area contributed by atoms with Crippen LogP contribution < -0.4 is 5.32 Å². The Morgan fingerprint density at radius 3 is 2.70 bits per heavy atom. The van der Waals surface area contributed by atoms with E-state index in [2.05, 4.69) is 22.4 Å². The fourth-order valence-electron chi connectivity index (χ4n) is 1.79. The van der Waals surface area contributed by atoms with E-state index in [1.807, 2.05) is 31.2 Å². The molecule has 1 aromatic heterocycles. The van der Waals surface area contributed by atoms with Crippen molar-refractivity contribution in [3.05, 3.63) is 40.4 Å². The summed E-state index contributed by atoms with van der Waals surface area (Å²) in [5.41, 5.74) is 2.20. The molecule has 1 N–H and O–H groups in total. The van der Waals surface area contributed by atoms with Crippen molar-refractivity contribution in [2.75, 3.05) is 5.32 Å². The van der Waals surface area contributed by atoms with E-state index in [1.54, 1.807) is 0 Å². The zero-order chi connectivity index (χ0) is 14.4. The van der Waals surface area contributed by atoms with Crippen LogP contribution in [0.15, 0.2) is 24.3 Å². The number of benzene rings is 1. The van der Waals surface area contributed by atoms with Crippen LogP contribution >= 0.6 is 11.3 Å². The van der Waals surface area contributed by atoms with E-state index in [0.29, 0.717) is 11.6 Å². The number of carbonyl (C=O) groups is 1. The smallest absolute Gasteiger partial charge is 0.230 e. The van der Waals surface area contributed by atoms with E-state index in [0.717, 1.165) is 29.8 Å². The Morgan fingerprint density at radius 2 is 2.00 bits per heavy atom. The lowest BCUT2D eigenvalue weighted by Crippen LogP contribution is -2.14. The van der Waals surface area contributed by atoms with Crippen LogP contribution in [0.1, 0.15) is 35.9 Å². The SMILES string of the molecule is CCCCc1nnc(NC(=O)Cc2ccc(C)cc2)s1. The van der Waals surface area contributed by atoms with Gasteiger partial charge in [0.1, 0.15) is 5.01 Å². The number of unbranched alkanes of at least 4 members (excludes halogenated alkanes) is 1. The van der Waals surface area contributed by atoms with Crippen molar-refractivity contribution in [1.82, 2.24) is 10.2 Å². The molecule has 0 aliphatic carbocycles. The van der Waals surface area contributed by atoms with Crippen LogP contribution in [0.4, 0.5) is 5.13 Å². The minimum Gasteiger partial charge on any atom is -0.300 e. The van der Waals surface area contributed by atoms with Gasteiger partial charge in [-0.1, -0.05) is 54.5 Å². The van der Waals surface area contributed by atoms with Gasteiger partial charge in [0.05, 0.1) is 6.42 Å². The molecule has 1 amide bonds. The number of nitrogens with one attached hydrogen (secondary N) is 1. The molecule has 20 heavy (non-hydrogen) atoms. The highest BCUT2D eigenvalue weighted by Crippen LogP contribution is 2.17. The van der Waals surface area contributed by atoms with E-state index < -0.39 is 0 Å². The molecule has 0 spiro atoms. The van der Waals surface area contributed by atoms with Crippen LogP contribution in [-0.2, 0) is 17.6 Å².